The van der Waals surface area contributed by atoms with Gasteiger partial charge in [0.05, 0.1) is 6.42 Å². The molecule has 0 rings (SSSR count). The van der Waals surface area contributed by atoms with Crippen molar-refractivity contribution in [3.63, 3.8) is 0 Å². The molecule has 0 saturated carbocycles. The summed E-state index contributed by atoms with van der Waals surface area (Å²) >= 11 is 0. The molecule has 2 nitrogen and oxygen atoms in total. The highest BCUT2D eigenvalue weighted by atomic mass is 16.5. The average molecular weight is 256 g/mol. The van der Waals surface area contributed by atoms with E-state index >= 15 is 0 Å². The molecule has 18 heavy (non-hydrogen) atoms. The first kappa shape index (κ1) is 17.5. The van der Waals surface area contributed by atoms with Gasteiger partial charge >= 0.3 is 5.97 Å². The maximum atomic E-state index is 12.0. The van der Waals surface area contributed by atoms with Crippen LogP contribution >= 0.6 is 0 Å². The molecule has 0 aliphatic carbocycles. The molecular formula is C16H32O2. The molecule has 0 fully saturated rings. The van der Waals surface area contributed by atoms with Crippen molar-refractivity contribution in [3.05, 3.63) is 0 Å². The van der Waals surface area contributed by atoms with E-state index in [2.05, 4.69) is 62.3 Å². The molecule has 0 aromatic carbocycles. The van der Waals surface area contributed by atoms with Crippen molar-refractivity contribution < 1.29 is 9.53 Å². The number of carbonyl (C=O) groups is 1. The number of hydrogen-bond acceptors (Lipinski definition) is 2. The van der Waals surface area contributed by atoms with E-state index in [9.17, 15) is 4.79 Å². The second-order valence-electron chi connectivity index (χ2n) is 8.85. The monoisotopic (exact) mass is 256 g/mol. The van der Waals surface area contributed by atoms with Crippen LogP contribution in [0.2, 0.25) is 0 Å². The van der Waals surface area contributed by atoms with Gasteiger partial charge in [0, 0.05) is 0 Å². The first-order valence-electron chi connectivity index (χ1n) is 6.90. The molecule has 108 valence electrons. The summed E-state index contributed by atoms with van der Waals surface area (Å²) in [7, 11) is 0. The van der Waals surface area contributed by atoms with Crippen molar-refractivity contribution in [3.8, 4) is 0 Å². The van der Waals surface area contributed by atoms with Crippen LogP contribution in [0.4, 0.5) is 0 Å². The Kier molecular flexibility index (Phi) is 5.46. The molecule has 0 aliphatic rings. The minimum absolute atomic E-state index is 0.0126. The molecule has 0 heterocycles. The Morgan fingerprint density at radius 2 is 1.33 bits per heavy atom. The lowest BCUT2D eigenvalue weighted by Gasteiger charge is -2.35. The van der Waals surface area contributed by atoms with Crippen LogP contribution in [0.3, 0.4) is 0 Å². The van der Waals surface area contributed by atoms with E-state index in [0.717, 1.165) is 6.42 Å². The summed E-state index contributed by atoms with van der Waals surface area (Å²) in [5.74, 6) is -0.0772. The smallest absolute Gasteiger partial charge is 0.306 e. The Morgan fingerprint density at radius 3 is 1.61 bits per heavy atom. The van der Waals surface area contributed by atoms with E-state index in [4.69, 9.17) is 4.74 Å². The van der Waals surface area contributed by atoms with Crippen molar-refractivity contribution in [2.45, 2.75) is 81.3 Å². The van der Waals surface area contributed by atoms with Gasteiger partial charge in [-0.05, 0) is 22.7 Å². The summed E-state index contributed by atoms with van der Waals surface area (Å²) in [6.45, 7) is 19.1. The van der Waals surface area contributed by atoms with E-state index in [1.54, 1.807) is 0 Å². The molecule has 0 saturated heterocycles. The van der Waals surface area contributed by atoms with Gasteiger partial charge in [-0.1, -0.05) is 62.3 Å². The summed E-state index contributed by atoms with van der Waals surface area (Å²) < 4.78 is 5.73. The third kappa shape index (κ3) is 8.54. The van der Waals surface area contributed by atoms with Gasteiger partial charge in [0.1, 0.15) is 6.10 Å². The van der Waals surface area contributed by atoms with E-state index in [0.29, 0.717) is 6.42 Å². The van der Waals surface area contributed by atoms with Gasteiger partial charge in [-0.15, -0.1) is 0 Å². The van der Waals surface area contributed by atoms with Crippen molar-refractivity contribution >= 4 is 5.97 Å². The highest BCUT2D eigenvalue weighted by Crippen LogP contribution is 2.33. The molecule has 2 heteroatoms. The zero-order chi connectivity index (χ0) is 14.8. The van der Waals surface area contributed by atoms with Crippen LogP contribution in [0.15, 0.2) is 0 Å². The SMILES string of the molecule is CC(C)(C)CC(=O)OC(CC(C)(C)C)C(C)(C)C. The summed E-state index contributed by atoms with van der Waals surface area (Å²) in [5, 5.41) is 0. The molecule has 0 radical (unpaired) electrons. The van der Waals surface area contributed by atoms with Gasteiger partial charge in [-0.2, -0.15) is 0 Å². The molecule has 0 bridgehead atoms. The standard InChI is InChI=1S/C16H32O2/c1-14(2,3)10-12(16(7,8)9)18-13(17)11-15(4,5)6/h12H,10-11H2,1-9H3. The van der Waals surface area contributed by atoms with E-state index in [1.807, 2.05) is 0 Å². The molecule has 1 atom stereocenters. The molecule has 1 unspecified atom stereocenters. The van der Waals surface area contributed by atoms with Crippen LogP contribution in [-0.2, 0) is 9.53 Å². The van der Waals surface area contributed by atoms with E-state index in [1.165, 1.54) is 0 Å². The maximum absolute atomic E-state index is 12.0. The second kappa shape index (κ2) is 5.63. The molecule has 0 aromatic heterocycles. The molecule has 0 spiro atoms. The highest BCUT2D eigenvalue weighted by molar-refractivity contribution is 5.70. The molecule has 0 aromatic rings. The van der Waals surface area contributed by atoms with Gasteiger partial charge in [0.15, 0.2) is 0 Å². The zero-order valence-corrected chi connectivity index (χ0v) is 13.8. The number of carbonyl (C=O) groups excluding carboxylic acids is 1. The van der Waals surface area contributed by atoms with Crippen LogP contribution in [0.5, 0.6) is 0 Å². The van der Waals surface area contributed by atoms with Crippen LogP contribution in [0.1, 0.15) is 75.2 Å². The Hall–Kier alpha value is -0.530. The number of hydrogen-bond donors (Lipinski definition) is 0. The summed E-state index contributed by atoms with van der Waals surface area (Å²) in [5.41, 5.74) is 0.141. The normalized spacial score (nSPS) is 15.4. The van der Waals surface area contributed by atoms with Crippen LogP contribution in [-0.4, -0.2) is 12.1 Å². The third-order valence-corrected chi connectivity index (χ3v) is 2.71. The summed E-state index contributed by atoms with van der Waals surface area (Å²) in [4.78, 5) is 12.0. The second-order valence-corrected chi connectivity index (χ2v) is 8.85. The van der Waals surface area contributed by atoms with E-state index in [-0.39, 0.29) is 28.3 Å². The first-order valence-corrected chi connectivity index (χ1v) is 6.90. The fraction of sp³-hybridized carbons (Fsp3) is 0.938. The lowest BCUT2D eigenvalue weighted by atomic mass is 9.78. The maximum Gasteiger partial charge on any atom is 0.306 e. The molecule has 0 aliphatic heterocycles. The number of rotatable bonds is 3. The van der Waals surface area contributed by atoms with Crippen molar-refractivity contribution in [1.29, 1.82) is 0 Å². The minimum Gasteiger partial charge on any atom is -0.462 e. The number of ether oxygens (including phenoxy) is 1. The highest BCUT2D eigenvalue weighted by Gasteiger charge is 2.32. The average Bonchev–Trinajstić information content (AvgIpc) is 1.93. The van der Waals surface area contributed by atoms with Crippen LogP contribution in [0.25, 0.3) is 0 Å². The predicted molar refractivity (Wildman–Crippen MR) is 77.5 cm³/mol. The fourth-order valence-electron chi connectivity index (χ4n) is 1.71. The Balaban J connectivity index is 4.67. The number of esters is 1. The Morgan fingerprint density at radius 1 is 0.889 bits per heavy atom. The Labute approximate surface area is 113 Å². The zero-order valence-electron chi connectivity index (χ0n) is 13.8. The lowest BCUT2D eigenvalue weighted by molar-refractivity contribution is -0.159. The quantitative estimate of drug-likeness (QED) is 0.677. The van der Waals surface area contributed by atoms with Crippen LogP contribution in [0, 0.1) is 16.2 Å². The molecule has 0 amide bonds. The third-order valence-electron chi connectivity index (χ3n) is 2.71. The van der Waals surface area contributed by atoms with Crippen LogP contribution < -0.4 is 0 Å². The van der Waals surface area contributed by atoms with Gasteiger partial charge in [-0.25, -0.2) is 0 Å². The largest absolute Gasteiger partial charge is 0.462 e. The topological polar surface area (TPSA) is 26.3 Å². The van der Waals surface area contributed by atoms with Crippen molar-refractivity contribution in [2.75, 3.05) is 0 Å². The Bertz CT molecular complexity index is 271. The van der Waals surface area contributed by atoms with Gasteiger partial charge < -0.3 is 4.74 Å². The van der Waals surface area contributed by atoms with Gasteiger partial charge in [-0.3, -0.25) is 4.79 Å². The van der Waals surface area contributed by atoms with Gasteiger partial charge in [0.25, 0.3) is 0 Å². The van der Waals surface area contributed by atoms with Crippen molar-refractivity contribution in [1.82, 2.24) is 0 Å². The lowest BCUT2D eigenvalue weighted by Crippen LogP contribution is -2.35. The van der Waals surface area contributed by atoms with E-state index < -0.39 is 0 Å². The summed E-state index contributed by atoms with van der Waals surface area (Å²) in [6.07, 6.45) is 1.35. The first-order chi connectivity index (χ1) is 7.71. The fourth-order valence-corrected chi connectivity index (χ4v) is 1.71. The molecular weight excluding hydrogens is 224 g/mol. The summed E-state index contributed by atoms with van der Waals surface area (Å²) in [6, 6.07) is 0. The minimum atomic E-state index is -0.0772. The van der Waals surface area contributed by atoms with Gasteiger partial charge in [0.2, 0.25) is 0 Å². The van der Waals surface area contributed by atoms with Crippen molar-refractivity contribution in [2.24, 2.45) is 16.2 Å². The molecule has 0 N–H and O–H groups in total. The predicted octanol–water partition coefficient (Wildman–Crippen LogP) is 4.82.